The van der Waals surface area contributed by atoms with Crippen molar-refractivity contribution in [3.63, 3.8) is 0 Å². The second kappa shape index (κ2) is 3.61. The van der Waals surface area contributed by atoms with E-state index in [0.717, 1.165) is 10.7 Å². The van der Waals surface area contributed by atoms with Gasteiger partial charge in [-0.2, -0.15) is 4.98 Å². The van der Waals surface area contributed by atoms with Gasteiger partial charge >= 0.3 is 0 Å². The third kappa shape index (κ3) is 1.60. The molecule has 2 aromatic heterocycles. The van der Waals surface area contributed by atoms with Gasteiger partial charge in [0.25, 0.3) is 0 Å². The van der Waals surface area contributed by atoms with Gasteiger partial charge in [-0.25, -0.2) is 0 Å². The first-order chi connectivity index (χ1) is 5.36. The summed E-state index contributed by atoms with van der Waals surface area (Å²) in [6, 6.07) is 3.97. The second-order valence-electron chi connectivity index (χ2n) is 1.99. The van der Waals surface area contributed by atoms with Crippen molar-refractivity contribution in [2.24, 2.45) is 0 Å². The topological polar surface area (TPSA) is 76.0 Å². The Morgan fingerprint density at radius 2 is 2.25 bits per heavy atom. The van der Waals surface area contributed by atoms with Crippen molar-refractivity contribution in [1.82, 2.24) is 15.2 Å². The molecule has 2 heterocycles. The van der Waals surface area contributed by atoms with E-state index in [4.69, 9.17) is 12.2 Å². The molecule has 2 aromatic rings. The number of hydrogen-bond donors (Lipinski definition) is 2. The number of thiophene rings is 1. The lowest BCUT2D eigenvalue weighted by atomic mass is 10.5. The maximum Gasteiger partial charge on any atom is 0.213 e. The van der Waals surface area contributed by atoms with E-state index in [2.05, 4.69) is 15.2 Å². The molecule has 2 rings (SSSR count). The van der Waals surface area contributed by atoms with Crippen LogP contribution in [0.3, 0.4) is 0 Å². The van der Waals surface area contributed by atoms with Crippen LogP contribution in [0, 0.1) is 4.77 Å². The van der Waals surface area contributed by atoms with Crippen LogP contribution >= 0.6 is 23.6 Å². The number of hydrogen-bond acceptors (Lipinski definition) is 3. The normalized spacial score (nSPS) is 9.33. The van der Waals surface area contributed by atoms with E-state index in [1.165, 1.54) is 0 Å². The van der Waals surface area contributed by atoms with Gasteiger partial charge < -0.3 is 5.48 Å². The van der Waals surface area contributed by atoms with Crippen LogP contribution in [-0.4, -0.2) is 20.7 Å². The van der Waals surface area contributed by atoms with E-state index in [9.17, 15) is 0 Å². The third-order valence-corrected chi connectivity index (χ3v) is 2.33. The summed E-state index contributed by atoms with van der Waals surface area (Å²) in [7, 11) is 0. The smallest absolute Gasteiger partial charge is 0.213 e. The fourth-order valence-corrected chi connectivity index (χ4v) is 1.61. The minimum absolute atomic E-state index is 0. The molecule has 0 saturated heterocycles. The molecule has 0 atom stereocenters. The monoisotopic (exact) mass is 201 g/mol. The number of aromatic amines is 2. The molecule has 0 radical (unpaired) electrons. The van der Waals surface area contributed by atoms with Gasteiger partial charge in [0.15, 0.2) is 5.82 Å². The van der Waals surface area contributed by atoms with Crippen molar-refractivity contribution >= 4 is 23.6 Å². The molecule has 12 heavy (non-hydrogen) atoms. The highest BCUT2D eigenvalue weighted by Crippen LogP contribution is 2.19. The highest BCUT2D eigenvalue weighted by molar-refractivity contribution is 7.71. The average Bonchev–Trinajstić information content (AvgIpc) is 2.55. The van der Waals surface area contributed by atoms with Gasteiger partial charge in [-0.1, -0.05) is 6.07 Å². The van der Waals surface area contributed by atoms with Crippen LogP contribution in [0.2, 0.25) is 0 Å². The Morgan fingerprint density at radius 1 is 1.42 bits per heavy atom. The molecule has 0 fully saturated rings. The first-order valence-corrected chi connectivity index (χ1v) is 4.33. The summed E-state index contributed by atoms with van der Waals surface area (Å²) in [5.41, 5.74) is 0. The fourth-order valence-electron chi connectivity index (χ4n) is 0.800. The average molecular weight is 201 g/mol. The molecule has 4 N–H and O–H groups in total. The molecular formula is C6H7N3OS2. The molecule has 64 valence electrons. The van der Waals surface area contributed by atoms with Crippen molar-refractivity contribution in [2.75, 3.05) is 0 Å². The van der Waals surface area contributed by atoms with Crippen LogP contribution in [0.25, 0.3) is 10.7 Å². The van der Waals surface area contributed by atoms with E-state index in [1.54, 1.807) is 11.3 Å². The van der Waals surface area contributed by atoms with Crippen LogP contribution in [-0.2, 0) is 0 Å². The molecule has 0 unspecified atom stereocenters. The maximum absolute atomic E-state index is 4.81. The number of H-pyrrole nitrogens is 2. The zero-order valence-corrected chi connectivity index (χ0v) is 7.63. The van der Waals surface area contributed by atoms with Crippen molar-refractivity contribution in [3.05, 3.63) is 22.3 Å². The van der Waals surface area contributed by atoms with Crippen LogP contribution in [0.4, 0.5) is 0 Å². The van der Waals surface area contributed by atoms with Gasteiger partial charge in [-0.3, -0.25) is 10.2 Å². The molecule has 0 aliphatic heterocycles. The van der Waals surface area contributed by atoms with Crippen molar-refractivity contribution in [1.29, 1.82) is 0 Å². The number of aromatic nitrogens is 3. The van der Waals surface area contributed by atoms with Crippen molar-refractivity contribution in [2.45, 2.75) is 0 Å². The summed E-state index contributed by atoms with van der Waals surface area (Å²) < 4.78 is 0.494. The Hall–Kier alpha value is -0.980. The molecular weight excluding hydrogens is 194 g/mol. The van der Waals surface area contributed by atoms with Gasteiger partial charge in [0.05, 0.1) is 4.88 Å². The standard InChI is InChI=1S/C6H5N3S2.H2O/c10-6-7-5(8-9-6)4-2-1-3-11-4;/h1-3H,(H2,7,8,9,10);1H2. The molecule has 6 heteroatoms. The van der Waals surface area contributed by atoms with Crippen LogP contribution in [0.1, 0.15) is 0 Å². The van der Waals surface area contributed by atoms with Gasteiger partial charge in [-0.15, -0.1) is 11.3 Å². The van der Waals surface area contributed by atoms with Gasteiger partial charge in [0.1, 0.15) is 0 Å². The highest BCUT2D eigenvalue weighted by atomic mass is 32.1. The largest absolute Gasteiger partial charge is 0.412 e. The van der Waals surface area contributed by atoms with Crippen molar-refractivity contribution in [3.8, 4) is 10.7 Å². The fraction of sp³-hybridized carbons (Fsp3) is 0. The zero-order chi connectivity index (χ0) is 7.68. The van der Waals surface area contributed by atoms with E-state index >= 15 is 0 Å². The summed E-state index contributed by atoms with van der Waals surface area (Å²) in [6.45, 7) is 0. The molecule has 0 aliphatic carbocycles. The Morgan fingerprint density at radius 3 is 2.75 bits per heavy atom. The van der Waals surface area contributed by atoms with Crippen LogP contribution in [0.5, 0.6) is 0 Å². The van der Waals surface area contributed by atoms with Gasteiger partial charge in [-0.05, 0) is 23.7 Å². The molecule has 0 aliphatic rings. The summed E-state index contributed by atoms with van der Waals surface area (Å²) in [5.74, 6) is 0.810. The zero-order valence-electron chi connectivity index (χ0n) is 6.00. The Balaban J connectivity index is 0.000000720. The van der Waals surface area contributed by atoms with Gasteiger partial charge in [0.2, 0.25) is 4.77 Å². The third-order valence-electron chi connectivity index (χ3n) is 1.26. The van der Waals surface area contributed by atoms with Crippen LogP contribution < -0.4 is 0 Å². The first kappa shape index (κ1) is 9.11. The lowest BCUT2D eigenvalue weighted by Crippen LogP contribution is -1.72. The number of nitrogens with one attached hydrogen (secondary N) is 2. The molecule has 0 amide bonds. The van der Waals surface area contributed by atoms with Gasteiger partial charge in [0, 0.05) is 0 Å². The molecule has 0 aromatic carbocycles. The Bertz CT molecular complexity index is 389. The first-order valence-electron chi connectivity index (χ1n) is 3.05. The lowest BCUT2D eigenvalue weighted by molar-refractivity contribution is 0.824. The minimum atomic E-state index is 0. The number of rotatable bonds is 1. The SMILES string of the molecule is O.S=c1nc(-c2cccs2)[nH][nH]1. The predicted octanol–water partition coefficient (Wildman–Crippen LogP) is 1.37. The Labute approximate surface area is 77.6 Å². The summed E-state index contributed by atoms with van der Waals surface area (Å²) >= 11 is 6.44. The van der Waals surface area contributed by atoms with Crippen LogP contribution in [0.15, 0.2) is 17.5 Å². The maximum atomic E-state index is 4.81. The lowest BCUT2D eigenvalue weighted by Gasteiger charge is -1.83. The highest BCUT2D eigenvalue weighted by Gasteiger charge is 1.99. The van der Waals surface area contributed by atoms with Crippen molar-refractivity contribution < 1.29 is 5.48 Å². The van der Waals surface area contributed by atoms with E-state index in [-0.39, 0.29) is 5.48 Å². The minimum Gasteiger partial charge on any atom is -0.412 e. The molecule has 0 bridgehead atoms. The molecule has 4 nitrogen and oxygen atoms in total. The quantitative estimate of drug-likeness (QED) is 0.684. The summed E-state index contributed by atoms with van der Waals surface area (Å²) in [6.07, 6.45) is 0. The van der Waals surface area contributed by atoms with E-state index < -0.39 is 0 Å². The second-order valence-corrected chi connectivity index (χ2v) is 3.33. The Kier molecular flexibility index (Phi) is 2.74. The summed E-state index contributed by atoms with van der Waals surface area (Å²) in [4.78, 5) is 5.16. The number of nitrogens with zero attached hydrogens (tertiary/aromatic N) is 1. The van der Waals surface area contributed by atoms with E-state index in [0.29, 0.717) is 4.77 Å². The molecule has 0 spiro atoms. The summed E-state index contributed by atoms with van der Waals surface area (Å²) in [5, 5.41) is 7.62. The predicted molar refractivity (Wildman–Crippen MR) is 50.7 cm³/mol. The molecule has 0 saturated carbocycles. The van der Waals surface area contributed by atoms with E-state index in [1.807, 2.05) is 17.5 Å².